The van der Waals surface area contributed by atoms with E-state index in [1.54, 1.807) is 0 Å². The van der Waals surface area contributed by atoms with Crippen molar-refractivity contribution in [1.29, 1.82) is 0 Å². The summed E-state index contributed by atoms with van der Waals surface area (Å²) >= 11 is 0. The zero-order valence-electron chi connectivity index (χ0n) is 18.8. The maximum atomic E-state index is 12.4. The summed E-state index contributed by atoms with van der Waals surface area (Å²) in [6.45, 7) is 14.2. The number of carbonyl (C=O) groups is 1. The van der Waals surface area contributed by atoms with E-state index in [-0.39, 0.29) is 16.6 Å². The lowest BCUT2D eigenvalue weighted by atomic mass is 9.76. The number of hydrogen-bond donors (Lipinski definition) is 0. The Morgan fingerprint density at radius 1 is 1.10 bits per heavy atom. The Morgan fingerprint density at radius 3 is 2.55 bits per heavy atom. The Hall–Kier alpha value is -2.03. The van der Waals surface area contributed by atoms with Crippen molar-refractivity contribution in [3.05, 3.63) is 52.0 Å². The van der Waals surface area contributed by atoms with Gasteiger partial charge < -0.3 is 9.15 Å². The average Bonchev–Trinajstić information content (AvgIpc) is 2.99. The Morgan fingerprint density at radius 2 is 1.86 bits per heavy atom. The fourth-order valence-corrected chi connectivity index (χ4v) is 5.00. The molecule has 156 valence electrons. The van der Waals surface area contributed by atoms with Crippen LogP contribution in [0.5, 0.6) is 5.75 Å². The van der Waals surface area contributed by atoms with Crippen molar-refractivity contribution in [1.82, 2.24) is 0 Å². The van der Waals surface area contributed by atoms with E-state index in [0.29, 0.717) is 12.3 Å². The molecule has 0 saturated carbocycles. The van der Waals surface area contributed by atoms with Gasteiger partial charge in [0.15, 0.2) is 5.78 Å². The quantitative estimate of drug-likeness (QED) is 0.620. The number of ether oxygens (including phenoxy) is 1. The monoisotopic (exact) mass is 394 g/mol. The Bertz CT molecular complexity index is 940. The van der Waals surface area contributed by atoms with E-state index in [0.717, 1.165) is 60.7 Å². The van der Waals surface area contributed by atoms with E-state index < -0.39 is 0 Å². The predicted molar refractivity (Wildman–Crippen MR) is 116 cm³/mol. The molecule has 0 radical (unpaired) electrons. The van der Waals surface area contributed by atoms with Crippen LogP contribution in [-0.2, 0) is 24.7 Å². The third-order valence-corrected chi connectivity index (χ3v) is 6.82. The number of benzene rings is 1. The number of fused-ring (bicyclic) bond motifs is 2. The summed E-state index contributed by atoms with van der Waals surface area (Å²) < 4.78 is 12.3. The van der Waals surface area contributed by atoms with Gasteiger partial charge in [-0.25, -0.2) is 0 Å². The minimum atomic E-state index is -0.172. The standard InChI is InChI=1S/C26H34O3/c1-16-23-20(27)8-7-9-22(23)29-24(16)26(5,6)14-17-10-11-21-18(12-17)13-19(15-28-21)25(2,3)4/h10-12,19H,7-9,13-15H2,1-6H3. The third-order valence-electron chi connectivity index (χ3n) is 6.82. The maximum absolute atomic E-state index is 12.4. The van der Waals surface area contributed by atoms with Gasteiger partial charge in [-0.15, -0.1) is 0 Å². The van der Waals surface area contributed by atoms with Gasteiger partial charge in [-0.3, -0.25) is 4.79 Å². The SMILES string of the molecule is Cc1c(C(C)(C)Cc2ccc3c(c2)CC(C(C)(C)C)CO3)oc2c1C(=O)CCC2. The molecule has 1 unspecified atom stereocenters. The summed E-state index contributed by atoms with van der Waals surface area (Å²) in [5.74, 6) is 3.67. The first-order valence-electron chi connectivity index (χ1n) is 11.0. The van der Waals surface area contributed by atoms with E-state index in [4.69, 9.17) is 9.15 Å². The molecule has 1 aromatic carbocycles. The molecule has 4 rings (SSSR count). The van der Waals surface area contributed by atoms with Crippen molar-refractivity contribution in [2.24, 2.45) is 11.3 Å². The summed E-state index contributed by atoms with van der Waals surface area (Å²) in [5.41, 5.74) is 4.58. The van der Waals surface area contributed by atoms with E-state index in [9.17, 15) is 4.79 Å². The molecular weight excluding hydrogens is 360 g/mol. The molecule has 3 nitrogen and oxygen atoms in total. The summed E-state index contributed by atoms with van der Waals surface area (Å²) in [5, 5.41) is 0. The zero-order chi connectivity index (χ0) is 21.0. The lowest BCUT2D eigenvalue weighted by Crippen LogP contribution is -2.32. The third kappa shape index (κ3) is 3.76. The molecule has 29 heavy (non-hydrogen) atoms. The second-order valence-electron chi connectivity index (χ2n) is 10.7. The molecule has 1 aliphatic carbocycles. The number of rotatable bonds is 3. The lowest BCUT2D eigenvalue weighted by Gasteiger charge is -2.35. The number of hydrogen-bond acceptors (Lipinski definition) is 3. The van der Waals surface area contributed by atoms with E-state index in [2.05, 4.69) is 59.7 Å². The number of ketones is 1. The molecule has 1 aromatic heterocycles. The minimum absolute atomic E-state index is 0.172. The Labute approximate surface area is 174 Å². The molecule has 1 atom stereocenters. The number of aryl methyl sites for hydroxylation is 1. The topological polar surface area (TPSA) is 39.4 Å². The molecule has 2 aromatic rings. The Kier molecular flexibility index (Phi) is 4.91. The maximum Gasteiger partial charge on any atom is 0.166 e. The summed E-state index contributed by atoms with van der Waals surface area (Å²) in [6.07, 6.45) is 4.37. The molecule has 0 bridgehead atoms. The highest BCUT2D eigenvalue weighted by Crippen LogP contribution is 2.40. The van der Waals surface area contributed by atoms with Gasteiger partial charge in [0.1, 0.15) is 17.3 Å². The number of Topliss-reactive ketones (excluding diaryl/α,β-unsaturated/α-hetero) is 1. The molecule has 2 heterocycles. The van der Waals surface area contributed by atoms with Gasteiger partial charge in [-0.05, 0) is 48.8 Å². The molecule has 0 spiro atoms. The molecule has 2 aliphatic rings. The van der Waals surface area contributed by atoms with Crippen molar-refractivity contribution in [3.63, 3.8) is 0 Å². The Balaban J connectivity index is 1.61. The largest absolute Gasteiger partial charge is 0.493 e. The number of carbonyl (C=O) groups excluding carboxylic acids is 1. The summed E-state index contributed by atoms with van der Waals surface area (Å²) in [4.78, 5) is 12.4. The number of furan rings is 1. The van der Waals surface area contributed by atoms with Crippen LogP contribution < -0.4 is 4.74 Å². The van der Waals surface area contributed by atoms with E-state index in [1.165, 1.54) is 11.1 Å². The van der Waals surface area contributed by atoms with Crippen LogP contribution in [0.1, 0.15) is 86.0 Å². The minimum Gasteiger partial charge on any atom is -0.493 e. The molecule has 0 saturated heterocycles. The van der Waals surface area contributed by atoms with E-state index in [1.807, 2.05) is 0 Å². The second kappa shape index (κ2) is 7.04. The van der Waals surface area contributed by atoms with Crippen molar-refractivity contribution in [2.75, 3.05) is 6.61 Å². The fourth-order valence-electron chi connectivity index (χ4n) is 5.00. The van der Waals surface area contributed by atoms with E-state index >= 15 is 0 Å². The van der Waals surface area contributed by atoms with Gasteiger partial charge in [0.2, 0.25) is 0 Å². The van der Waals surface area contributed by atoms with Gasteiger partial charge in [0, 0.05) is 29.7 Å². The van der Waals surface area contributed by atoms with Crippen molar-refractivity contribution >= 4 is 5.78 Å². The molecule has 1 aliphatic heterocycles. The van der Waals surface area contributed by atoms with Gasteiger partial charge >= 0.3 is 0 Å². The van der Waals surface area contributed by atoms with Crippen molar-refractivity contribution in [3.8, 4) is 5.75 Å². The molecule has 0 N–H and O–H groups in total. The highest BCUT2D eigenvalue weighted by Gasteiger charge is 2.34. The van der Waals surface area contributed by atoms with Crippen LogP contribution in [-0.4, -0.2) is 12.4 Å². The first-order chi connectivity index (χ1) is 13.6. The van der Waals surface area contributed by atoms with Crippen LogP contribution in [0.25, 0.3) is 0 Å². The van der Waals surface area contributed by atoms with Gasteiger partial charge in [0.05, 0.1) is 12.2 Å². The second-order valence-corrected chi connectivity index (χ2v) is 10.7. The first kappa shape index (κ1) is 20.3. The van der Waals surface area contributed by atoms with Crippen molar-refractivity contribution < 1.29 is 13.9 Å². The van der Waals surface area contributed by atoms with Crippen LogP contribution in [0.2, 0.25) is 0 Å². The van der Waals surface area contributed by atoms with Crippen LogP contribution in [0.3, 0.4) is 0 Å². The van der Waals surface area contributed by atoms with Crippen LogP contribution in [0, 0.1) is 18.3 Å². The summed E-state index contributed by atoms with van der Waals surface area (Å²) in [6, 6.07) is 6.63. The highest BCUT2D eigenvalue weighted by atomic mass is 16.5. The molecule has 0 fully saturated rings. The first-order valence-corrected chi connectivity index (χ1v) is 11.0. The van der Waals surface area contributed by atoms with Gasteiger partial charge in [-0.2, -0.15) is 0 Å². The van der Waals surface area contributed by atoms with Crippen LogP contribution in [0.15, 0.2) is 22.6 Å². The smallest absolute Gasteiger partial charge is 0.166 e. The normalized spacial score (nSPS) is 19.5. The lowest BCUT2D eigenvalue weighted by molar-refractivity contribution is 0.0968. The predicted octanol–water partition coefficient (Wildman–Crippen LogP) is 6.22. The fraction of sp³-hybridized carbons (Fsp3) is 0.577. The summed E-state index contributed by atoms with van der Waals surface area (Å²) in [7, 11) is 0. The van der Waals surface area contributed by atoms with Gasteiger partial charge in [-0.1, -0.05) is 46.8 Å². The molecule has 0 amide bonds. The van der Waals surface area contributed by atoms with Crippen LogP contribution in [0.4, 0.5) is 0 Å². The van der Waals surface area contributed by atoms with Gasteiger partial charge in [0.25, 0.3) is 0 Å². The molecular formula is C26H34O3. The highest BCUT2D eigenvalue weighted by molar-refractivity contribution is 5.99. The van der Waals surface area contributed by atoms with Crippen molar-refractivity contribution in [2.45, 2.75) is 79.1 Å². The van der Waals surface area contributed by atoms with Crippen LogP contribution >= 0.6 is 0 Å². The zero-order valence-corrected chi connectivity index (χ0v) is 18.8. The molecule has 3 heteroatoms. The average molecular weight is 395 g/mol.